The van der Waals surface area contributed by atoms with Gasteiger partial charge in [0.05, 0.1) is 19.4 Å². The maximum absolute atomic E-state index is 9.88. The smallest absolute Gasteiger partial charge is 0.221 e. The van der Waals surface area contributed by atoms with E-state index in [-0.39, 0.29) is 0 Å². The van der Waals surface area contributed by atoms with Gasteiger partial charge < -0.3 is 14.6 Å². The van der Waals surface area contributed by atoms with Gasteiger partial charge >= 0.3 is 0 Å². The molecule has 2 aromatic rings. The van der Waals surface area contributed by atoms with Gasteiger partial charge in [-0.15, -0.1) is 0 Å². The van der Waals surface area contributed by atoms with Crippen LogP contribution in [0.1, 0.15) is 19.5 Å². The minimum Gasteiger partial charge on any atom is -0.481 e. The first-order valence-corrected chi connectivity index (χ1v) is 6.82. The van der Waals surface area contributed by atoms with Gasteiger partial charge in [-0.05, 0) is 23.4 Å². The minimum atomic E-state index is -0.837. The fraction of sp³-hybridized carbons (Fsp3) is 0.438. The molecule has 108 valence electrons. The second-order valence-electron chi connectivity index (χ2n) is 5.23. The predicted octanol–water partition coefficient (Wildman–Crippen LogP) is 2.78. The number of benzene rings is 1. The Morgan fingerprint density at radius 3 is 2.70 bits per heavy atom. The van der Waals surface area contributed by atoms with Crippen molar-refractivity contribution in [1.29, 1.82) is 0 Å². The standard InChI is InChI=1S/C16H21NO3/c1-11(2)10-20-15(18)9-13-8-12-6-4-5-7-14(12)16(17-13)19-3/h4-8,11,15,18H,9-10H2,1-3H3. The molecule has 0 spiro atoms. The molecule has 1 aromatic heterocycles. The average molecular weight is 275 g/mol. The highest BCUT2D eigenvalue weighted by atomic mass is 16.6. The number of hydrogen-bond donors (Lipinski definition) is 1. The van der Waals surface area contributed by atoms with Gasteiger partial charge in [-0.2, -0.15) is 0 Å². The lowest BCUT2D eigenvalue weighted by molar-refractivity contribution is -0.106. The van der Waals surface area contributed by atoms with Crippen molar-refractivity contribution in [2.75, 3.05) is 13.7 Å². The lowest BCUT2D eigenvalue weighted by Gasteiger charge is -2.14. The van der Waals surface area contributed by atoms with Gasteiger partial charge in [-0.1, -0.05) is 32.0 Å². The zero-order valence-corrected chi connectivity index (χ0v) is 12.2. The van der Waals surface area contributed by atoms with Gasteiger partial charge in [-0.25, -0.2) is 4.98 Å². The molecule has 2 rings (SSSR count). The number of aliphatic hydroxyl groups excluding tert-OH is 1. The summed E-state index contributed by atoms with van der Waals surface area (Å²) in [5, 5.41) is 11.9. The number of hydrogen-bond acceptors (Lipinski definition) is 4. The van der Waals surface area contributed by atoms with Crippen LogP contribution in [0.5, 0.6) is 5.88 Å². The SMILES string of the molecule is COc1nc(CC(O)OCC(C)C)cc2ccccc12. The zero-order valence-electron chi connectivity index (χ0n) is 12.2. The van der Waals surface area contributed by atoms with E-state index in [9.17, 15) is 5.11 Å². The van der Waals surface area contributed by atoms with E-state index in [1.807, 2.05) is 44.2 Å². The third kappa shape index (κ3) is 3.68. The maximum atomic E-state index is 9.88. The van der Waals surface area contributed by atoms with E-state index in [0.717, 1.165) is 16.5 Å². The number of pyridine rings is 1. The number of fused-ring (bicyclic) bond motifs is 1. The average Bonchev–Trinajstić information content (AvgIpc) is 2.44. The normalized spacial score (nSPS) is 12.8. The Kier molecular flexibility index (Phi) is 4.93. The Balaban J connectivity index is 2.18. The highest BCUT2D eigenvalue weighted by molar-refractivity contribution is 5.87. The number of ether oxygens (including phenoxy) is 2. The lowest BCUT2D eigenvalue weighted by atomic mass is 10.1. The summed E-state index contributed by atoms with van der Waals surface area (Å²) in [5.41, 5.74) is 0.761. The summed E-state index contributed by atoms with van der Waals surface area (Å²) in [6.07, 6.45) is -0.482. The van der Waals surface area contributed by atoms with E-state index in [2.05, 4.69) is 4.98 Å². The number of nitrogens with zero attached hydrogens (tertiary/aromatic N) is 1. The van der Waals surface area contributed by atoms with Crippen molar-refractivity contribution < 1.29 is 14.6 Å². The van der Waals surface area contributed by atoms with Crippen molar-refractivity contribution >= 4 is 10.8 Å². The summed E-state index contributed by atoms with van der Waals surface area (Å²) in [6, 6.07) is 9.85. The van der Waals surface area contributed by atoms with Gasteiger partial charge in [0.15, 0.2) is 6.29 Å². The molecule has 0 aliphatic rings. The zero-order chi connectivity index (χ0) is 14.5. The summed E-state index contributed by atoms with van der Waals surface area (Å²) in [4.78, 5) is 4.42. The van der Waals surface area contributed by atoms with Crippen LogP contribution in [-0.2, 0) is 11.2 Å². The number of aliphatic hydroxyl groups is 1. The molecule has 4 heteroatoms. The molecule has 0 radical (unpaired) electrons. The Labute approximate surface area is 119 Å². The van der Waals surface area contributed by atoms with E-state index in [1.54, 1.807) is 7.11 Å². The van der Waals surface area contributed by atoms with E-state index in [1.165, 1.54) is 0 Å². The topological polar surface area (TPSA) is 51.6 Å². The fourth-order valence-corrected chi connectivity index (χ4v) is 2.02. The van der Waals surface area contributed by atoms with Crippen LogP contribution >= 0.6 is 0 Å². The second-order valence-corrected chi connectivity index (χ2v) is 5.23. The molecule has 0 saturated carbocycles. The summed E-state index contributed by atoms with van der Waals surface area (Å²) in [7, 11) is 1.60. The molecule has 0 amide bonds. The quantitative estimate of drug-likeness (QED) is 0.824. The van der Waals surface area contributed by atoms with Crippen LogP contribution in [0.4, 0.5) is 0 Å². The van der Waals surface area contributed by atoms with Crippen molar-refractivity contribution in [2.45, 2.75) is 26.6 Å². The first-order chi connectivity index (χ1) is 9.60. The predicted molar refractivity (Wildman–Crippen MR) is 78.8 cm³/mol. The molecule has 0 aliphatic heterocycles. The van der Waals surface area contributed by atoms with Gasteiger partial charge in [0.1, 0.15) is 0 Å². The van der Waals surface area contributed by atoms with Crippen LogP contribution in [0.25, 0.3) is 10.8 Å². The van der Waals surface area contributed by atoms with Crippen molar-refractivity contribution in [3.8, 4) is 5.88 Å². The summed E-state index contributed by atoms with van der Waals surface area (Å²) < 4.78 is 10.7. The van der Waals surface area contributed by atoms with Crippen molar-refractivity contribution in [1.82, 2.24) is 4.98 Å². The van der Waals surface area contributed by atoms with E-state index >= 15 is 0 Å². The Bertz CT molecular complexity index is 569. The molecule has 0 fully saturated rings. The highest BCUT2D eigenvalue weighted by Gasteiger charge is 2.11. The van der Waals surface area contributed by atoms with Crippen LogP contribution in [0.3, 0.4) is 0 Å². The van der Waals surface area contributed by atoms with Crippen molar-refractivity contribution in [3.63, 3.8) is 0 Å². The lowest BCUT2D eigenvalue weighted by Crippen LogP contribution is -2.18. The van der Waals surface area contributed by atoms with Gasteiger partial charge in [0.25, 0.3) is 0 Å². The Morgan fingerprint density at radius 2 is 2.00 bits per heavy atom. The first kappa shape index (κ1) is 14.8. The van der Waals surface area contributed by atoms with Crippen LogP contribution in [0.15, 0.2) is 30.3 Å². The molecule has 0 bridgehead atoms. The maximum Gasteiger partial charge on any atom is 0.221 e. The van der Waals surface area contributed by atoms with Crippen molar-refractivity contribution in [2.24, 2.45) is 5.92 Å². The summed E-state index contributed by atoms with van der Waals surface area (Å²) in [5.74, 6) is 0.970. The highest BCUT2D eigenvalue weighted by Crippen LogP contribution is 2.24. The summed E-state index contributed by atoms with van der Waals surface area (Å²) in [6.45, 7) is 4.62. The Morgan fingerprint density at radius 1 is 1.25 bits per heavy atom. The number of methoxy groups -OCH3 is 1. The van der Waals surface area contributed by atoms with Crippen LogP contribution in [0, 0.1) is 5.92 Å². The number of aromatic nitrogens is 1. The Hall–Kier alpha value is -1.65. The molecule has 0 aliphatic carbocycles. The number of rotatable bonds is 6. The third-order valence-corrected chi connectivity index (χ3v) is 2.96. The van der Waals surface area contributed by atoms with Crippen LogP contribution in [-0.4, -0.2) is 30.1 Å². The fourth-order valence-electron chi connectivity index (χ4n) is 2.02. The second kappa shape index (κ2) is 6.68. The molecular weight excluding hydrogens is 254 g/mol. The van der Waals surface area contributed by atoms with Gasteiger partial charge in [-0.3, -0.25) is 0 Å². The monoisotopic (exact) mass is 275 g/mol. The van der Waals surface area contributed by atoms with E-state index in [4.69, 9.17) is 9.47 Å². The van der Waals surface area contributed by atoms with Gasteiger partial charge in [0, 0.05) is 11.8 Å². The molecular formula is C16H21NO3. The first-order valence-electron chi connectivity index (χ1n) is 6.82. The van der Waals surface area contributed by atoms with Crippen molar-refractivity contribution in [3.05, 3.63) is 36.0 Å². The third-order valence-electron chi connectivity index (χ3n) is 2.96. The molecule has 20 heavy (non-hydrogen) atoms. The molecule has 1 atom stereocenters. The molecule has 1 unspecified atom stereocenters. The minimum absolute atomic E-state index is 0.355. The van der Waals surface area contributed by atoms with Crippen LogP contribution in [0.2, 0.25) is 0 Å². The van der Waals surface area contributed by atoms with Crippen LogP contribution < -0.4 is 4.74 Å². The molecule has 1 N–H and O–H groups in total. The van der Waals surface area contributed by atoms with Gasteiger partial charge in [0.2, 0.25) is 5.88 Å². The molecule has 4 nitrogen and oxygen atoms in total. The summed E-state index contributed by atoms with van der Waals surface area (Å²) >= 11 is 0. The molecule has 1 heterocycles. The molecule has 1 aromatic carbocycles. The van der Waals surface area contributed by atoms with E-state index < -0.39 is 6.29 Å². The largest absolute Gasteiger partial charge is 0.481 e. The van der Waals surface area contributed by atoms with E-state index in [0.29, 0.717) is 24.8 Å². The molecule has 0 saturated heterocycles.